The second kappa shape index (κ2) is 7.11. The van der Waals surface area contributed by atoms with E-state index in [9.17, 15) is 9.18 Å². The standard InChI is InChI=1S/C17H14FN3OS/c18-14-5-3-12(4-6-14)8-16(22)20-10-15-11-23-17(21-15)13-2-1-7-19-9-13/h1-7,9,11H,8,10H2,(H,20,22). The van der Waals surface area contributed by atoms with E-state index in [-0.39, 0.29) is 18.1 Å². The highest BCUT2D eigenvalue weighted by Crippen LogP contribution is 2.22. The predicted octanol–water partition coefficient (Wildman–Crippen LogP) is 3.20. The molecule has 1 amide bonds. The van der Waals surface area contributed by atoms with Crippen LogP contribution >= 0.6 is 11.3 Å². The number of benzene rings is 1. The third kappa shape index (κ3) is 4.20. The van der Waals surface area contributed by atoms with Gasteiger partial charge in [-0.05, 0) is 29.8 Å². The molecule has 116 valence electrons. The third-order valence-corrected chi connectivity index (χ3v) is 4.15. The molecule has 1 N–H and O–H groups in total. The zero-order chi connectivity index (χ0) is 16.1. The largest absolute Gasteiger partial charge is 0.350 e. The van der Waals surface area contributed by atoms with E-state index in [0.29, 0.717) is 6.54 Å². The summed E-state index contributed by atoms with van der Waals surface area (Å²) in [5.41, 5.74) is 2.54. The Hall–Kier alpha value is -2.60. The summed E-state index contributed by atoms with van der Waals surface area (Å²) in [5.74, 6) is -0.424. The van der Waals surface area contributed by atoms with Crippen molar-refractivity contribution in [2.75, 3.05) is 0 Å². The van der Waals surface area contributed by atoms with Crippen LogP contribution in [-0.4, -0.2) is 15.9 Å². The lowest BCUT2D eigenvalue weighted by atomic mass is 10.1. The monoisotopic (exact) mass is 327 g/mol. The molecule has 0 spiro atoms. The van der Waals surface area contributed by atoms with Gasteiger partial charge in [-0.1, -0.05) is 12.1 Å². The molecular formula is C17H14FN3OS. The summed E-state index contributed by atoms with van der Waals surface area (Å²) in [6.07, 6.45) is 3.70. The molecule has 6 heteroatoms. The van der Waals surface area contributed by atoms with E-state index < -0.39 is 0 Å². The molecule has 3 rings (SSSR count). The number of carbonyl (C=O) groups excluding carboxylic acids is 1. The fourth-order valence-corrected chi connectivity index (χ4v) is 2.86. The molecule has 23 heavy (non-hydrogen) atoms. The van der Waals surface area contributed by atoms with Gasteiger partial charge in [0.2, 0.25) is 5.91 Å². The first-order valence-corrected chi connectivity index (χ1v) is 7.94. The number of nitrogens with zero attached hydrogens (tertiary/aromatic N) is 2. The Balaban J connectivity index is 1.55. The van der Waals surface area contributed by atoms with Gasteiger partial charge in [-0.2, -0.15) is 0 Å². The molecule has 0 aliphatic carbocycles. The Morgan fingerprint density at radius 1 is 1.22 bits per heavy atom. The topological polar surface area (TPSA) is 54.9 Å². The summed E-state index contributed by atoms with van der Waals surface area (Å²) in [5, 5.41) is 5.62. The molecule has 2 heterocycles. The van der Waals surface area contributed by atoms with Gasteiger partial charge in [0, 0.05) is 23.3 Å². The van der Waals surface area contributed by atoms with E-state index in [1.165, 1.54) is 23.5 Å². The zero-order valence-electron chi connectivity index (χ0n) is 12.2. The van der Waals surface area contributed by atoms with Crippen molar-refractivity contribution in [1.82, 2.24) is 15.3 Å². The van der Waals surface area contributed by atoms with Crippen LogP contribution in [-0.2, 0) is 17.8 Å². The van der Waals surface area contributed by atoms with Crippen molar-refractivity contribution in [3.05, 3.63) is 71.2 Å². The van der Waals surface area contributed by atoms with E-state index in [0.717, 1.165) is 21.8 Å². The lowest BCUT2D eigenvalue weighted by Gasteiger charge is -2.03. The van der Waals surface area contributed by atoms with Crippen molar-refractivity contribution in [1.29, 1.82) is 0 Å². The van der Waals surface area contributed by atoms with Crippen LogP contribution in [0, 0.1) is 5.82 Å². The van der Waals surface area contributed by atoms with E-state index in [2.05, 4.69) is 15.3 Å². The summed E-state index contributed by atoms with van der Waals surface area (Å²) in [4.78, 5) is 20.5. The van der Waals surface area contributed by atoms with Crippen molar-refractivity contribution in [2.45, 2.75) is 13.0 Å². The van der Waals surface area contributed by atoms with E-state index in [4.69, 9.17) is 0 Å². The summed E-state index contributed by atoms with van der Waals surface area (Å²) in [7, 11) is 0. The Morgan fingerprint density at radius 2 is 2.04 bits per heavy atom. The smallest absolute Gasteiger partial charge is 0.224 e. The molecule has 2 aromatic heterocycles. The average molecular weight is 327 g/mol. The van der Waals surface area contributed by atoms with Gasteiger partial charge < -0.3 is 5.32 Å². The normalized spacial score (nSPS) is 10.5. The minimum Gasteiger partial charge on any atom is -0.350 e. The van der Waals surface area contributed by atoms with Crippen LogP contribution in [0.5, 0.6) is 0 Å². The van der Waals surface area contributed by atoms with Gasteiger partial charge in [0.15, 0.2) is 0 Å². The Morgan fingerprint density at radius 3 is 2.78 bits per heavy atom. The van der Waals surface area contributed by atoms with E-state index in [1.54, 1.807) is 24.5 Å². The second-order valence-electron chi connectivity index (χ2n) is 4.97. The molecule has 0 aliphatic rings. The summed E-state index contributed by atoms with van der Waals surface area (Å²) >= 11 is 1.52. The molecule has 3 aromatic rings. The maximum atomic E-state index is 12.8. The molecule has 0 saturated carbocycles. The number of carbonyl (C=O) groups is 1. The molecule has 0 saturated heterocycles. The average Bonchev–Trinajstić information content (AvgIpc) is 3.05. The first-order chi connectivity index (χ1) is 11.2. The number of hydrogen-bond donors (Lipinski definition) is 1. The summed E-state index contributed by atoms with van der Waals surface area (Å²) in [6.45, 7) is 0.372. The van der Waals surface area contributed by atoms with Crippen molar-refractivity contribution >= 4 is 17.2 Å². The molecule has 0 aliphatic heterocycles. The quantitative estimate of drug-likeness (QED) is 0.783. The fourth-order valence-electron chi connectivity index (χ4n) is 2.05. The van der Waals surface area contributed by atoms with E-state index >= 15 is 0 Å². The van der Waals surface area contributed by atoms with Crippen molar-refractivity contribution in [3.63, 3.8) is 0 Å². The second-order valence-corrected chi connectivity index (χ2v) is 5.82. The number of nitrogens with one attached hydrogen (secondary N) is 1. The fraction of sp³-hybridized carbons (Fsp3) is 0.118. The minimum atomic E-state index is -0.306. The lowest BCUT2D eigenvalue weighted by Crippen LogP contribution is -2.24. The number of aromatic nitrogens is 2. The van der Waals surface area contributed by atoms with Gasteiger partial charge in [0.25, 0.3) is 0 Å². The van der Waals surface area contributed by atoms with Gasteiger partial charge in [0.1, 0.15) is 10.8 Å². The number of amides is 1. The molecule has 0 radical (unpaired) electrons. The SMILES string of the molecule is O=C(Cc1ccc(F)cc1)NCc1csc(-c2cccnc2)n1. The van der Waals surface area contributed by atoms with Crippen LogP contribution < -0.4 is 5.32 Å². The number of halogens is 1. The van der Waals surface area contributed by atoms with Crippen molar-refractivity contribution < 1.29 is 9.18 Å². The molecule has 0 fully saturated rings. The molecule has 0 unspecified atom stereocenters. The maximum absolute atomic E-state index is 12.8. The molecule has 0 atom stereocenters. The van der Waals surface area contributed by atoms with Crippen molar-refractivity contribution in [3.8, 4) is 10.6 Å². The third-order valence-electron chi connectivity index (χ3n) is 3.20. The van der Waals surface area contributed by atoms with Crippen LogP contribution in [0.15, 0.2) is 54.2 Å². The Labute approximate surface area is 137 Å². The van der Waals surface area contributed by atoms with Crippen LogP contribution in [0.1, 0.15) is 11.3 Å². The number of hydrogen-bond acceptors (Lipinski definition) is 4. The number of thiazole rings is 1. The van der Waals surface area contributed by atoms with Crippen LogP contribution in [0.3, 0.4) is 0 Å². The van der Waals surface area contributed by atoms with Gasteiger partial charge in [-0.3, -0.25) is 9.78 Å². The number of rotatable bonds is 5. The summed E-state index contributed by atoms with van der Waals surface area (Å²) in [6, 6.07) is 9.73. The lowest BCUT2D eigenvalue weighted by molar-refractivity contribution is -0.120. The highest BCUT2D eigenvalue weighted by Gasteiger charge is 2.07. The Kier molecular flexibility index (Phi) is 4.73. The van der Waals surface area contributed by atoms with Gasteiger partial charge in [0.05, 0.1) is 18.7 Å². The van der Waals surface area contributed by atoms with E-state index in [1.807, 2.05) is 17.5 Å². The van der Waals surface area contributed by atoms with Crippen LogP contribution in [0.2, 0.25) is 0 Å². The first kappa shape index (κ1) is 15.3. The highest BCUT2D eigenvalue weighted by atomic mass is 32.1. The zero-order valence-corrected chi connectivity index (χ0v) is 13.0. The maximum Gasteiger partial charge on any atom is 0.224 e. The van der Waals surface area contributed by atoms with Crippen LogP contribution in [0.4, 0.5) is 4.39 Å². The van der Waals surface area contributed by atoms with Crippen LogP contribution in [0.25, 0.3) is 10.6 Å². The molecule has 1 aromatic carbocycles. The molecular weight excluding hydrogens is 313 g/mol. The van der Waals surface area contributed by atoms with Gasteiger partial charge in [-0.15, -0.1) is 11.3 Å². The highest BCUT2D eigenvalue weighted by molar-refractivity contribution is 7.13. The number of pyridine rings is 1. The predicted molar refractivity (Wildman–Crippen MR) is 87.3 cm³/mol. The minimum absolute atomic E-state index is 0.118. The Bertz CT molecular complexity index is 787. The summed E-state index contributed by atoms with van der Waals surface area (Å²) < 4.78 is 12.8. The first-order valence-electron chi connectivity index (χ1n) is 7.06. The van der Waals surface area contributed by atoms with Gasteiger partial charge in [-0.25, -0.2) is 9.37 Å². The molecule has 4 nitrogen and oxygen atoms in total. The molecule has 0 bridgehead atoms. The van der Waals surface area contributed by atoms with Crippen molar-refractivity contribution in [2.24, 2.45) is 0 Å². The van der Waals surface area contributed by atoms with Gasteiger partial charge >= 0.3 is 0 Å².